The molecule has 0 amide bonds. The average Bonchev–Trinajstić information content (AvgIpc) is 2.87. The third kappa shape index (κ3) is 2.48. The number of hydrogen-bond donors (Lipinski definition) is 0. The molecule has 4 heteroatoms. The number of hydrogen-bond acceptors (Lipinski definition) is 3. The van der Waals surface area contributed by atoms with E-state index in [1.807, 2.05) is 29.4 Å². The number of rotatable bonds is 4. The molecule has 88 valence electrons. The van der Waals surface area contributed by atoms with Gasteiger partial charge in [-0.05, 0) is 38.5 Å². The Morgan fingerprint density at radius 2 is 2.50 bits per heavy atom. The lowest BCUT2D eigenvalue weighted by molar-refractivity contribution is -0.118. The lowest BCUT2D eigenvalue weighted by Gasteiger charge is -2.08. The molecule has 0 radical (unpaired) electrons. The van der Waals surface area contributed by atoms with Crippen molar-refractivity contribution >= 4 is 17.5 Å². The number of aryl methyl sites for hydroxylation is 2. The van der Waals surface area contributed by atoms with Gasteiger partial charge in [-0.15, -0.1) is 0 Å². The van der Waals surface area contributed by atoms with Crippen molar-refractivity contribution in [1.82, 2.24) is 9.78 Å². The van der Waals surface area contributed by atoms with Gasteiger partial charge in [-0.1, -0.05) is 0 Å². The number of nitrogens with zero attached hydrogens (tertiary/aromatic N) is 2. The Bertz CT molecular complexity index is 380. The van der Waals surface area contributed by atoms with E-state index < -0.39 is 0 Å². The van der Waals surface area contributed by atoms with Crippen LogP contribution in [0.15, 0.2) is 6.07 Å². The van der Waals surface area contributed by atoms with E-state index in [1.165, 1.54) is 6.42 Å². The predicted molar refractivity (Wildman–Crippen MR) is 66.8 cm³/mol. The number of carbonyl (C=O) groups is 1. The molecule has 1 saturated heterocycles. The zero-order valence-electron chi connectivity index (χ0n) is 9.90. The smallest absolute Gasteiger partial charge is 0.151 e. The van der Waals surface area contributed by atoms with Crippen molar-refractivity contribution in [3.05, 3.63) is 17.5 Å². The lowest BCUT2D eigenvalue weighted by atomic mass is 10.1. The summed E-state index contributed by atoms with van der Waals surface area (Å²) in [5.74, 6) is 1.51. The summed E-state index contributed by atoms with van der Waals surface area (Å²) in [4.78, 5) is 12.0. The van der Waals surface area contributed by atoms with E-state index in [2.05, 4.69) is 12.0 Å². The molecule has 1 unspecified atom stereocenters. The van der Waals surface area contributed by atoms with Crippen molar-refractivity contribution in [1.29, 1.82) is 0 Å². The van der Waals surface area contributed by atoms with Crippen LogP contribution in [0.4, 0.5) is 0 Å². The van der Waals surface area contributed by atoms with Crippen LogP contribution < -0.4 is 0 Å². The maximum Gasteiger partial charge on any atom is 0.151 e. The van der Waals surface area contributed by atoms with Gasteiger partial charge in [-0.2, -0.15) is 16.9 Å². The van der Waals surface area contributed by atoms with E-state index in [-0.39, 0.29) is 5.25 Å². The molecule has 1 atom stereocenters. The van der Waals surface area contributed by atoms with Crippen molar-refractivity contribution in [2.45, 2.75) is 44.9 Å². The van der Waals surface area contributed by atoms with Crippen LogP contribution in [0.25, 0.3) is 0 Å². The van der Waals surface area contributed by atoms with Gasteiger partial charge in [0.2, 0.25) is 0 Å². The minimum atomic E-state index is 0.237. The second-order valence-electron chi connectivity index (χ2n) is 4.24. The van der Waals surface area contributed by atoms with E-state index in [0.717, 1.165) is 30.1 Å². The summed E-state index contributed by atoms with van der Waals surface area (Å²) in [5.41, 5.74) is 2.07. The highest BCUT2D eigenvalue weighted by molar-refractivity contribution is 8.00. The van der Waals surface area contributed by atoms with Gasteiger partial charge in [0.15, 0.2) is 5.78 Å². The van der Waals surface area contributed by atoms with Crippen molar-refractivity contribution < 1.29 is 4.79 Å². The molecule has 0 spiro atoms. The summed E-state index contributed by atoms with van der Waals surface area (Å²) >= 11 is 1.81. The number of ketones is 1. The molecule has 2 heterocycles. The molecule has 3 nitrogen and oxygen atoms in total. The van der Waals surface area contributed by atoms with E-state index in [9.17, 15) is 4.79 Å². The summed E-state index contributed by atoms with van der Waals surface area (Å²) in [6, 6.07) is 2.03. The SMILES string of the molecule is CCn1nc(C)cc1CC(=O)C1CCCS1. The monoisotopic (exact) mass is 238 g/mol. The fourth-order valence-corrected chi connectivity index (χ4v) is 3.36. The molecule has 1 aromatic rings. The molecule has 1 fully saturated rings. The maximum absolute atomic E-state index is 12.0. The van der Waals surface area contributed by atoms with Gasteiger partial charge in [0.05, 0.1) is 10.9 Å². The molecule has 0 aromatic carbocycles. The molecule has 0 bridgehead atoms. The number of Topliss-reactive ketones (excluding diaryl/α,β-unsaturated/α-hetero) is 1. The van der Waals surface area contributed by atoms with Gasteiger partial charge in [0.25, 0.3) is 0 Å². The third-order valence-electron chi connectivity index (χ3n) is 2.93. The summed E-state index contributed by atoms with van der Waals surface area (Å²) in [6.45, 7) is 4.88. The number of carbonyl (C=O) groups excluding carboxylic acids is 1. The van der Waals surface area contributed by atoms with Crippen LogP contribution in [0.3, 0.4) is 0 Å². The van der Waals surface area contributed by atoms with E-state index >= 15 is 0 Å². The van der Waals surface area contributed by atoms with E-state index in [1.54, 1.807) is 0 Å². The molecule has 16 heavy (non-hydrogen) atoms. The van der Waals surface area contributed by atoms with Crippen LogP contribution >= 0.6 is 11.8 Å². The third-order valence-corrected chi connectivity index (χ3v) is 4.35. The first-order valence-corrected chi connectivity index (χ1v) is 6.93. The minimum absolute atomic E-state index is 0.237. The molecule has 1 aromatic heterocycles. The Kier molecular flexibility index (Phi) is 3.69. The van der Waals surface area contributed by atoms with Crippen LogP contribution in [0.2, 0.25) is 0 Å². The van der Waals surface area contributed by atoms with E-state index in [0.29, 0.717) is 12.2 Å². The number of aromatic nitrogens is 2. The molecule has 1 aliphatic heterocycles. The van der Waals surface area contributed by atoms with Gasteiger partial charge >= 0.3 is 0 Å². The standard InChI is InChI=1S/C12H18N2OS/c1-3-14-10(7-9(2)13-14)8-11(15)12-5-4-6-16-12/h7,12H,3-6,8H2,1-2H3. The Hall–Kier alpha value is -0.770. The van der Waals surface area contributed by atoms with Gasteiger partial charge in [0.1, 0.15) is 0 Å². The summed E-state index contributed by atoms with van der Waals surface area (Å²) in [5, 5.41) is 4.60. The first-order chi connectivity index (χ1) is 7.70. The fraction of sp³-hybridized carbons (Fsp3) is 0.667. The second kappa shape index (κ2) is 5.04. The minimum Gasteiger partial charge on any atom is -0.298 e. The highest BCUT2D eigenvalue weighted by Gasteiger charge is 2.24. The number of thioether (sulfide) groups is 1. The van der Waals surface area contributed by atoms with Crippen molar-refractivity contribution in [3.63, 3.8) is 0 Å². The van der Waals surface area contributed by atoms with Crippen LogP contribution in [-0.4, -0.2) is 26.6 Å². The fourth-order valence-electron chi connectivity index (χ4n) is 2.14. The highest BCUT2D eigenvalue weighted by atomic mass is 32.2. The molecule has 0 N–H and O–H groups in total. The average molecular weight is 238 g/mol. The van der Waals surface area contributed by atoms with Gasteiger partial charge < -0.3 is 0 Å². The zero-order chi connectivity index (χ0) is 11.5. The van der Waals surface area contributed by atoms with E-state index in [4.69, 9.17) is 0 Å². The maximum atomic E-state index is 12.0. The molecule has 2 rings (SSSR count). The zero-order valence-corrected chi connectivity index (χ0v) is 10.7. The highest BCUT2D eigenvalue weighted by Crippen LogP contribution is 2.27. The van der Waals surface area contributed by atoms with Crippen molar-refractivity contribution in [2.75, 3.05) is 5.75 Å². The summed E-state index contributed by atoms with van der Waals surface area (Å²) < 4.78 is 1.94. The lowest BCUT2D eigenvalue weighted by Crippen LogP contribution is -2.18. The predicted octanol–water partition coefficient (Wildman–Crippen LogP) is 2.22. The first kappa shape index (κ1) is 11.7. The molecular weight excluding hydrogens is 220 g/mol. The molecule has 0 saturated carbocycles. The van der Waals surface area contributed by atoms with Crippen molar-refractivity contribution in [3.8, 4) is 0 Å². The van der Waals surface area contributed by atoms with Gasteiger partial charge in [-0.3, -0.25) is 9.48 Å². The van der Waals surface area contributed by atoms with Crippen LogP contribution in [0.5, 0.6) is 0 Å². The molecular formula is C12H18N2OS. The molecule has 0 aliphatic carbocycles. The quantitative estimate of drug-likeness (QED) is 0.806. The summed E-state index contributed by atoms with van der Waals surface area (Å²) in [6.07, 6.45) is 2.79. The Balaban J connectivity index is 2.04. The Labute approximate surface area is 101 Å². The largest absolute Gasteiger partial charge is 0.298 e. The summed E-state index contributed by atoms with van der Waals surface area (Å²) in [7, 11) is 0. The molecule has 1 aliphatic rings. The van der Waals surface area contributed by atoms with Gasteiger partial charge in [0, 0.05) is 18.7 Å². The Morgan fingerprint density at radius 3 is 3.12 bits per heavy atom. The van der Waals surface area contributed by atoms with Gasteiger partial charge in [-0.25, -0.2) is 0 Å². The Morgan fingerprint density at radius 1 is 1.69 bits per heavy atom. The first-order valence-electron chi connectivity index (χ1n) is 5.88. The normalized spacial score (nSPS) is 20.2. The van der Waals surface area contributed by atoms with Crippen LogP contribution in [0.1, 0.15) is 31.2 Å². The van der Waals surface area contributed by atoms with Crippen LogP contribution in [0, 0.1) is 6.92 Å². The topological polar surface area (TPSA) is 34.9 Å². The van der Waals surface area contributed by atoms with Crippen LogP contribution in [-0.2, 0) is 17.8 Å². The van der Waals surface area contributed by atoms with Crippen molar-refractivity contribution in [2.24, 2.45) is 0 Å². The second-order valence-corrected chi connectivity index (χ2v) is 5.55.